The van der Waals surface area contributed by atoms with Crippen molar-refractivity contribution < 1.29 is 0 Å². The first kappa shape index (κ1) is 9.99. The summed E-state index contributed by atoms with van der Waals surface area (Å²) < 4.78 is 0. The number of rotatable bonds is 4. The van der Waals surface area contributed by atoms with E-state index in [1.165, 1.54) is 0 Å². The molecule has 1 rings (SSSR count). The topological polar surface area (TPSA) is 28.2 Å². The number of anilines is 1. The molecule has 1 unspecified atom stereocenters. The second-order valence-corrected chi connectivity index (χ2v) is 3.41. The molecule has 1 atom stereocenters. The van der Waals surface area contributed by atoms with Gasteiger partial charge in [-0.05, 0) is 33.2 Å². The minimum absolute atomic E-state index is 0.516. The molecule has 0 spiro atoms. The molecule has 0 aromatic carbocycles. The van der Waals surface area contributed by atoms with E-state index in [0.717, 1.165) is 12.4 Å². The molecule has 0 bridgehead atoms. The van der Waals surface area contributed by atoms with E-state index >= 15 is 0 Å². The van der Waals surface area contributed by atoms with E-state index in [9.17, 15) is 0 Å². The third-order valence-corrected chi connectivity index (χ3v) is 2.13. The Labute approximate surface area is 79.8 Å². The molecular weight excluding hydrogens is 162 g/mol. The Balaban J connectivity index is 2.35. The highest BCUT2D eigenvalue weighted by molar-refractivity contribution is 5.33. The maximum absolute atomic E-state index is 4.18. The van der Waals surface area contributed by atoms with E-state index in [2.05, 4.69) is 36.2 Å². The number of nitrogens with zero attached hydrogens (tertiary/aromatic N) is 2. The van der Waals surface area contributed by atoms with Crippen LogP contribution in [0.15, 0.2) is 24.4 Å². The summed E-state index contributed by atoms with van der Waals surface area (Å²) in [6, 6.07) is 6.39. The summed E-state index contributed by atoms with van der Waals surface area (Å²) in [5.41, 5.74) is 0. The van der Waals surface area contributed by atoms with E-state index in [4.69, 9.17) is 0 Å². The van der Waals surface area contributed by atoms with Gasteiger partial charge in [0.05, 0.1) is 0 Å². The maximum Gasteiger partial charge on any atom is 0.125 e. The Hall–Kier alpha value is -1.09. The highest BCUT2D eigenvalue weighted by atomic mass is 15.1. The van der Waals surface area contributed by atoms with Crippen LogP contribution in [0.4, 0.5) is 5.82 Å². The van der Waals surface area contributed by atoms with E-state index in [-0.39, 0.29) is 0 Å². The molecule has 1 aromatic heterocycles. The Morgan fingerprint density at radius 3 is 2.77 bits per heavy atom. The minimum atomic E-state index is 0.516. The van der Waals surface area contributed by atoms with Crippen molar-refractivity contribution in [1.29, 1.82) is 0 Å². The SMILES string of the molecule is CC(CNc1ccccn1)N(C)C. The summed E-state index contributed by atoms with van der Waals surface area (Å²) in [6.07, 6.45) is 1.79. The molecular formula is C10H17N3. The third-order valence-electron chi connectivity index (χ3n) is 2.13. The summed E-state index contributed by atoms with van der Waals surface area (Å²) in [4.78, 5) is 6.36. The van der Waals surface area contributed by atoms with Crippen molar-refractivity contribution in [3.8, 4) is 0 Å². The number of hydrogen-bond donors (Lipinski definition) is 1. The van der Waals surface area contributed by atoms with E-state index in [1.807, 2.05) is 18.2 Å². The predicted octanol–water partition coefficient (Wildman–Crippen LogP) is 1.44. The van der Waals surface area contributed by atoms with E-state index in [0.29, 0.717) is 6.04 Å². The zero-order chi connectivity index (χ0) is 9.68. The molecule has 3 heteroatoms. The van der Waals surface area contributed by atoms with Crippen molar-refractivity contribution >= 4 is 5.82 Å². The molecule has 0 amide bonds. The van der Waals surface area contributed by atoms with Crippen LogP contribution in [0, 0.1) is 0 Å². The average molecular weight is 179 g/mol. The smallest absolute Gasteiger partial charge is 0.125 e. The maximum atomic E-state index is 4.18. The van der Waals surface area contributed by atoms with Crippen molar-refractivity contribution in [1.82, 2.24) is 9.88 Å². The van der Waals surface area contributed by atoms with Crippen molar-refractivity contribution in [2.75, 3.05) is 26.0 Å². The Kier molecular flexibility index (Phi) is 3.71. The lowest BCUT2D eigenvalue weighted by molar-refractivity contribution is 0.326. The highest BCUT2D eigenvalue weighted by Crippen LogP contribution is 2.00. The van der Waals surface area contributed by atoms with Gasteiger partial charge in [0.25, 0.3) is 0 Å². The molecule has 0 aliphatic heterocycles. The zero-order valence-corrected chi connectivity index (χ0v) is 8.49. The molecule has 1 aromatic rings. The largest absolute Gasteiger partial charge is 0.369 e. The van der Waals surface area contributed by atoms with E-state index in [1.54, 1.807) is 6.20 Å². The van der Waals surface area contributed by atoms with Crippen LogP contribution in [0.3, 0.4) is 0 Å². The normalized spacial score (nSPS) is 12.9. The Morgan fingerprint density at radius 2 is 2.23 bits per heavy atom. The molecule has 0 saturated carbocycles. The third kappa shape index (κ3) is 3.42. The lowest BCUT2D eigenvalue weighted by Gasteiger charge is -2.20. The fourth-order valence-corrected chi connectivity index (χ4v) is 0.902. The predicted molar refractivity (Wildman–Crippen MR) is 55.9 cm³/mol. The first-order valence-corrected chi connectivity index (χ1v) is 4.51. The first-order chi connectivity index (χ1) is 6.20. The van der Waals surface area contributed by atoms with Gasteiger partial charge in [-0.1, -0.05) is 6.07 Å². The lowest BCUT2D eigenvalue weighted by Crippen LogP contribution is -2.31. The number of nitrogens with one attached hydrogen (secondary N) is 1. The fourth-order valence-electron chi connectivity index (χ4n) is 0.902. The molecule has 1 N–H and O–H groups in total. The molecule has 72 valence electrons. The summed E-state index contributed by atoms with van der Waals surface area (Å²) >= 11 is 0. The van der Waals surface area contributed by atoms with Crippen LogP contribution in [-0.4, -0.2) is 36.6 Å². The molecule has 0 aliphatic carbocycles. The van der Waals surface area contributed by atoms with Crippen LogP contribution in [0.5, 0.6) is 0 Å². The second-order valence-electron chi connectivity index (χ2n) is 3.41. The van der Waals surface area contributed by atoms with Gasteiger partial charge >= 0.3 is 0 Å². The van der Waals surface area contributed by atoms with Crippen molar-refractivity contribution in [3.63, 3.8) is 0 Å². The van der Waals surface area contributed by atoms with Gasteiger partial charge in [0.2, 0.25) is 0 Å². The number of pyridine rings is 1. The second kappa shape index (κ2) is 4.82. The molecule has 3 nitrogen and oxygen atoms in total. The van der Waals surface area contributed by atoms with Crippen molar-refractivity contribution in [2.45, 2.75) is 13.0 Å². The number of aromatic nitrogens is 1. The highest BCUT2D eigenvalue weighted by Gasteiger charge is 2.03. The van der Waals surface area contributed by atoms with Crippen LogP contribution in [0.2, 0.25) is 0 Å². The van der Waals surface area contributed by atoms with Gasteiger partial charge in [0, 0.05) is 18.8 Å². The van der Waals surface area contributed by atoms with Gasteiger partial charge < -0.3 is 10.2 Å². The standard InChI is InChI=1S/C10H17N3/c1-9(13(2)3)8-12-10-6-4-5-7-11-10/h4-7,9H,8H2,1-3H3,(H,11,12). The summed E-state index contributed by atoms with van der Waals surface area (Å²) in [7, 11) is 4.15. The van der Waals surface area contributed by atoms with Gasteiger partial charge in [-0.15, -0.1) is 0 Å². The molecule has 13 heavy (non-hydrogen) atoms. The molecule has 0 saturated heterocycles. The molecule has 0 fully saturated rings. The van der Waals surface area contributed by atoms with Crippen molar-refractivity contribution in [3.05, 3.63) is 24.4 Å². The van der Waals surface area contributed by atoms with Crippen LogP contribution < -0.4 is 5.32 Å². The monoisotopic (exact) mass is 179 g/mol. The summed E-state index contributed by atoms with van der Waals surface area (Å²) in [5, 5.41) is 3.27. The fraction of sp³-hybridized carbons (Fsp3) is 0.500. The van der Waals surface area contributed by atoms with E-state index < -0.39 is 0 Å². The van der Waals surface area contributed by atoms with Crippen LogP contribution in [-0.2, 0) is 0 Å². The molecule has 0 radical (unpaired) electrons. The number of hydrogen-bond acceptors (Lipinski definition) is 3. The van der Waals surface area contributed by atoms with Crippen LogP contribution in [0.25, 0.3) is 0 Å². The number of likely N-dealkylation sites (N-methyl/N-ethyl adjacent to an activating group) is 1. The minimum Gasteiger partial charge on any atom is -0.369 e. The summed E-state index contributed by atoms with van der Waals surface area (Å²) in [5.74, 6) is 0.941. The van der Waals surface area contributed by atoms with Crippen molar-refractivity contribution in [2.24, 2.45) is 0 Å². The van der Waals surface area contributed by atoms with Crippen LogP contribution in [0.1, 0.15) is 6.92 Å². The van der Waals surface area contributed by atoms with Gasteiger partial charge in [-0.25, -0.2) is 4.98 Å². The lowest BCUT2D eigenvalue weighted by atomic mass is 10.3. The Morgan fingerprint density at radius 1 is 1.46 bits per heavy atom. The van der Waals surface area contributed by atoms with Gasteiger partial charge in [0.15, 0.2) is 0 Å². The van der Waals surface area contributed by atoms with Crippen LogP contribution >= 0.6 is 0 Å². The average Bonchev–Trinajstić information content (AvgIpc) is 2.15. The Bertz CT molecular complexity index is 233. The quantitative estimate of drug-likeness (QED) is 0.758. The molecule has 0 aliphatic rings. The molecule has 1 heterocycles. The first-order valence-electron chi connectivity index (χ1n) is 4.51. The van der Waals surface area contributed by atoms with Gasteiger partial charge in [-0.2, -0.15) is 0 Å². The van der Waals surface area contributed by atoms with Gasteiger partial charge in [-0.3, -0.25) is 0 Å². The summed E-state index contributed by atoms with van der Waals surface area (Å²) in [6.45, 7) is 3.10. The van der Waals surface area contributed by atoms with Gasteiger partial charge in [0.1, 0.15) is 5.82 Å². The zero-order valence-electron chi connectivity index (χ0n) is 8.49.